The van der Waals surface area contributed by atoms with Crippen LogP contribution in [0.1, 0.15) is 34.5 Å². The number of piperidine rings is 1. The molecule has 0 aromatic carbocycles. The van der Waals surface area contributed by atoms with Gasteiger partial charge in [-0.15, -0.1) is 11.3 Å². The van der Waals surface area contributed by atoms with E-state index in [9.17, 15) is 4.79 Å². The second-order valence-electron chi connectivity index (χ2n) is 4.60. The highest BCUT2D eigenvalue weighted by atomic mass is 79.9. The van der Waals surface area contributed by atoms with Crippen LogP contribution < -0.4 is 5.73 Å². The van der Waals surface area contributed by atoms with Crippen LogP contribution in [0.3, 0.4) is 0 Å². The Bertz CT molecular complexity index is 496. The first kappa shape index (κ1) is 14.3. The number of nitrogens with zero attached hydrogens (tertiary/aromatic N) is 2. The van der Waals surface area contributed by atoms with Crippen molar-refractivity contribution < 1.29 is 10.0 Å². The molecule has 1 aliphatic rings. The molecule has 1 unspecified atom stereocenters. The number of amides is 1. The van der Waals surface area contributed by atoms with Crippen LogP contribution in [0.5, 0.6) is 0 Å². The molecule has 0 radical (unpaired) electrons. The standard InChI is InChI=1S/C12H16BrN3O2S/c1-7-6-9(19-10(7)13)12(17)16-5-3-2-4-8(16)11(14)15-18/h6,8,18H,2-5H2,1H3,(H2,14,15). The van der Waals surface area contributed by atoms with Crippen molar-refractivity contribution in [1.82, 2.24) is 4.90 Å². The van der Waals surface area contributed by atoms with Crippen molar-refractivity contribution in [2.24, 2.45) is 10.9 Å². The molecule has 104 valence electrons. The molecule has 7 heteroatoms. The third-order valence-corrected chi connectivity index (χ3v) is 5.41. The Kier molecular flexibility index (Phi) is 4.46. The average molecular weight is 346 g/mol. The molecule has 1 atom stereocenters. The van der Waals surface area contributed by atoms with Crippen LogP contribution in [-0.4, -0.2) is 34.4 Å². The van der Waals surface area contributed by atoms with E-state index >= 15 is 0 Å². The topological polar surface area (TPSA) is 78.9 Å². The molecule has 0 saturated carbocycles. The van der Waals surface area contributed by atoms with Gasteiger partial charge in [0.05, 0.1) is 14.7 Å². The fraction of sp³-hybridized carbons (Fsp3) is 0.500. The zero-order valence-corrected chi connectivity index (χ0v) is 13.0. The Hall–Kier alpha value is -1.08. The highest BCUT2D eigenvalue weighted by Gasteiger charge is 2.31. The summed E-state index contributed by atoms with van der Waals surface area (Å²) in [4.78, 5) is 14.9. The second kappa shape index (κ2) is 5.92. The van der Waals surface area contributed by atoms with Crippen LogP contribution >= 0.6 is 27.3 Å². The largest absolute Gasteiger partial charge is 0.409 e. The maximum Gasteiger partial charge on any atom is 0.264 e. The van der Waals surface area contributed by atoms with E-state index in [2.05, 4.69) is 21.1 Å². The Morgan fingerprint density at radius 1 is 1.63 bits per heavy atom. The normalized spacial score (nSPS) is 20.6. The number of hydrogen-bond donors (Lipinski definition) is 2. The molecule has 5 nitrogen and oxygen atoms in total. The highest BCUT2D eigenvalue weighted by molar-refractivity contribution is 9.11. The number of rotatable bonds is 2. The predicted octanol–water partition coefficient (Wildman–Crippen LogP) is 2.56. The maximum absolute atomic E-state index is 12.5. The third kappa shape index (κ3) is 2.92. The van der Waals surface area contributed by atoms with Crippen LogP contribution in [0.15, 0.2) is 15.0 Å². The van der Waals surface area contributed by atoms with E-state index in [1.807, 2.05) is 13.0 Å². The number of halogens is 1. The number of likely N-dealkylation sites (tertiary alicyclic amines) is 1. The van der Waals surface area contributed by atoms with Gasteiger partial charge >= 0.3 is 0 Å². The Morgan fingerprint density at radius 3 is 2.95 bits per heavy atom. The lowest BCUT2D eigenvalue weighted by Crippen LogP contribution is -2.50. The van der Waals surface area contributed by atoms with Crippen molar-refractivity contribution in [2.75, 3.05) is 6.54 Å². The van der Waals surface area contributed by atoms with Gasteiger partial charge in [-0.25, -0.2) is 0 Å². The lowest BCUT2D eigenvalue weighted by molar-refractivity contribution is 0.0681. The van der Waals surface area contributed by atoms with Gasteiger partial charge in [0.25, 0.3) is 5.91 Å². The average Bonchev–Trinajstić information content (AvgIpc) is 2.77. The van der Waals surface area contributed by atoms with E-state index < -0.39 is 0 Å². The van der Waals surface area contributed by atoms with E-state index in [-0.39, 0.29) is 17.8 Å². The van der Waals surface area contributed by atoms with Crippen LogP contribution in [0.4, 0.5) is 0 Å². The van der Waals surface area contributed by atoms with Gasteiger partial charge < -0.3 is 15.8 Å². The summed E-state index contributed by atoms with van der Waals surface area (Å²) in [5.74, 6) is 0.0653. The van der Waals surface area contributed by atoms with Gasteiger partial charge in [-0.2, -0.15) is 0 Å². The van der Waals surface area contributed by atoms with E-state index in [1.165, 1.54) is 11.3 Å². The van der Waals surface area contributed by atoms with Gasteiger partial charge in [-0.3, -0.25) is 4.79 Å². The van der Waals surface area contributed by atoms with Gasteiger partial charge in [-0.05, 0) is 53.7 Å². The van der Waals surface area contributed by atoms with Gasteiger partial charge in [-0.1, -0.05) is 5.16 Å². The summed E-state index contributed by atoms with van der Waals surface area (Å²) in [5, 5.41) is 11.9. The summed E-state index contributed by atoms with van der Waals surface area (Å²) in [5.41, 5.74) is 6.74. The van der Waals surface area contributed by atoms with Gasteiger partial charge in [0, 0.05) is 6.54 Å². The van der Waals surface area contributed by atoms with Crippen molar-refractivity contribution in [3.05, 3.63) is 20.3 Å². The fourth-order valence-electron chi connectivity index (χ4n) is 2.26. The van der Waals surface area contributed by atoms with Crippen molar-refractivity contribution >= 4 is 39.0 Å². The third-order valence-electron chi connectivity index (χ3n) is 3.29. The Balaban J connectivity index is 2.25. The first-order chi connectivity index (χ1) is 9.04. The molecule has 0 bridgehead atoms. The second-order valence-corrected chi connectivity index (χ2v) is 6.97. The lowest BCUT2D eigenvalue weighted by Gasteiger charge is -2.34. The number of aryl methyl sites for hydroxylation is 1. The number of amidine groups is 1. The molecule has 3 N–H and O–H groups in total. The van der Waals surface area contributed by atoms with E-state index in [1.54, 1.807) is 4.90 Å². The van der Waals surface area contributed by atoms with Crippen molar-refractivity contribution in [1.29, 1.82) is 0 Å². The fourth-order valence-corrected chi connectivity index (χ4v) is 3.75. The number of hydrogen-bond acceptors (Lipinski definition) is 4. The molecule has 1 amide bonds. The molecule has 1 fully saturated rings. The van der Waals surface area contributed by atoms with Gasteiger partial charge in [0.15, 0.2) is 5.84 Å². The molecule has 19 heavy (non-hydrogen) atoms. The summed E-state index contributed by atoms with van der Waals surface area (Å²) < 4.78 is 0.966. The van der Waals surface area contributed by atoms with Gasteiger partial charge in [0.1, 0.15) is 0 Å². The maximum atomic E-state index is 12.5. The summed E-state index contributed by atoms with van der Waals surface area (Å²) in [6, 6.07) is 1.57. The molecule has 0 aliphatic carbocycles. The molecule has 1 aromatic rings. The number of oxime groups is 1. The van der Waals surface area contributed by atoms with Crippen molar-refractivity contribution in [3.63, 3.8) is 0 Å². The van der Waals surface area contributed by atoms with Crippen molar-refractivity contribution in [2.45, 2.75) is 32.2 Å². The van der Waals surface area contributed by atoms with E-state index in [4.69, 9.17) is 10.9 Å². The molecule has 1 aliphatic heterocycles. The number of carbonyl (C=O) groups is 1. The zero-order valence-electron chi connectivity index (χ0n) is 10.6. The molecule has 2 rings (SSSR count). The van der Waals surface area contributed by atoms with Crippen molar-refractivity contribution in [3.8, 4) is 0 Å². The van der Waals surface area contributed by atoms with Crippen LogP contribution in [0.25, 0.3) is 0 Å². The Labute approximate surface area is 124 Å². The number of carbonyl (C=O) groups excluding carboxylic acids is 1. The summed E-state index contributed by atoms with van der Waals surface area (Å²) in [6.07, 6.45) is 2.68. The smallest absolute Gasteiger partial charge is 0.264 e. The minimum absolute atomic E-state index is 0.0462. The minimum Gasteiger partial charge on any atom is -0.409 e. The van der Waals surface area contributed by atoms with E-state index in [0.29, 0.717) is 11.4 Å². The van der Waals surface area contributed by atoms with Crippen LogP contribution in [-0.2, 0) is 0 Å². The molecule has 0 spiro atoms. The summed E-state index contributed by atoms with van der Waals surface area (Å²) in [7, 11) is 0. The quantitative estimate of drug-likeness (QED) is 0.374. The molecule has 1 saturated heterocycles. The molecule has 1 aromatic heterocycles. The number of thiophene rings is 1. The zero-order chi connectivity index (χ0) is 14.0. The molecular formula is C12H16BrN3O2S. The molecular weight excluding hydrogens is 330 g/mol. The summed E-state index contributed by atoms with van der Waals surface area (Å²) in [6.45, 7) is 2.60. The predicted molar refractivity (Wildman–Crippen MR) is 78.8 cm³/mol. The monoisotopic (exact) mass is 345 g/mol. The van der Waals surface area contributed by atoms with E-state index in [0.717, 1.165) is 28.6 Å². The first-order valence-electron chi connectivity index (χ1n) is 6.09. The highest BCUT2D eigenvalue weighted by Crippen LogP contribution is 2.30. The Morgan fingerprint density at radius 2 is 2.37 bits per heavy atom. The van der Waals surface area contributed by atoms with Crippen LogP contribution in [0, 0.1) is 6.92 Å². The SMILES string of the molecule is Cc1cc(C(=O)N2CCCCC2C(N)=NO)sc1Br. The number of nitrogens with two attached hydrogens (primary N) is 1. The van der Waals surface area contributed by atoms with Crippen LogP contribution in [0.2, 0.25) is 0 Å². The molecule has 2 heterocycles. The first-order valence-corrected chi connectivity index (χ1v) is 7.70. The summed E-state index contributed by atoms with van der Waals surface area (Å²) >= 11 is 4.85. The lowest BCUT2D eigenvalue weighted by atomic mass is 10.0. The van der Waals surface area contributed by atoms with Gasteiger partial charge in [0.2, 0.25) is 0 Å². The minimum atomic E-state index is -0.299.